The van der Waals surface area contributed by atoms with E-state index in [1.807, 2.05) is 0 Å². The van der Waals surface area contributed by atoms with Gasteiger partial charge in [0, 0.05) is 17.9 Å². The van der Waals surface area contributed by atoms with Gasteiger partial charge in [0.15, 0.2) is 0 Å². The van der Waals surface area contributed by atoms with Gasteiger partial charge in [-0.25, -0.2) is 0 Å². The Morgan fingerprint density at radius 2 is 1.86 bits per heavy atom. The summed E-state index contributed by atoms with van der Waals surface area (Å²) in [6.45, 7) is 0. The van der Waals surface area contributed by atoms with E-state index in [1.165, 1.54) is 23.9 Å². The second-order valence-corrected chi connectivity index (χ2v) is 5.84. The first kappa shape index (κ1) is 16.3. The van der Waals surface area contributed by atoms with E-state index in [4.69, 9.17) is 11.6 Å². The molecule has 2 rings (SSSR count). The SMILES string of the molecule is O=C(CSCc1ccc([N+](=O)[O-])cc1)Nc1ccccc1Cl. The van der Waals surface area contributed by atoms with E-state index in [0.717, 1.165) is 5.56 Å². The number of rotatable bonds is 6. The summed E-state index contributed by atoms with van der Waals surface area (Å²) in [5, 5.41) is 13.8. The van der Waals surface area contributed by atoms with E-state index < -0.39 is 4.92 Å². The molecule has 0 spiro atoms. The molecule has 1 amide bonds. The first-order valence-corrected chi connectivity index (χ1v) is 7.95. The fourth-order valence-electron chi connectivity index (χ4n) is 1.72. The van der Waals surface area contributed by atoms with Crippen LogP contribution >= 0.6 is 23.4 Å². The van der Waals surface area contributed by atoms with Crippen LogP contribution in [0.4, 0.5) is 11.4 Å². The van der Waals surface area contributed by atoms with Gasteiger partial charge in [-0.15, -0.1) is 11.8 Å². The third-order valence-electron chi connectivity index (χ3n) is 2.80. The van der Waals surface area contributed by atoms with E-state index in [2.05, 4.69) is 5.32 Å². The van der Waals surface area contributed by atoms with E-state index in [1.54, 1.807) is 36.4 Å². The van der Waals surface area contributed by atoms with Crippen LogP contribution in [-0.2, 0) is 10.5 Å². The van der Waals surface area contributed by atoms with Crippen LogP contribution in [0.2, 0.25) is 5.02 Å². The van der Waals surface area contributed by atoms with Crippen LogP contribution in [0.25, 0.3) is 0 Å². The molecule has 7 heteroatoms. The Kier molecular flexibility index (Phi) is 5.80. The number of anilines is 1. The largest absolute Gasteiger partial charge is 0.324 e. The van der Waals surface area contributed by atoms with Gasteiger partial charge in [0.2, 0.25) is 5.91 Å². The van der Waals surface area contributed by atoms with Crippen LogP contribution < -0.4 is 5.32 Å². The summed E-state index contributed by atoms with van der Waals surface area (Å²) in [7, 11) is 0. The van der Waals surface area contributed by atoms with Crippen molar-refractivity contribution in [2.75, 3.05) is 11.1 Å². The Hall–Kier alpha value is -2.05. The number of thioether (sulfide) groups is 1. The van der Waals surface area contributed by atoms with Gasteiger partial charge in [-0.3, -0.25) is 14.9 Å². The Labute approximate surface area is 136 Å². The van der Waals surface area contributed by atoms with Crippen molar-refractivity contribution < 1.29 is 9.72 Å². The van der Waals surface area contributed by atoms with Crippen LogP contribution in [0.15, 0.2) is 48.5 Å². The van der Waals surface area contributed by atoms with Gasteiger partial charge in [-0.05, 0) is 17.7 Å². The molecule has 0 bridgehead atoms. The van der Waals surface area contributed by atoms with Crippen LogP contribution in [0, 0.1) is 10.1 Å². The first-order chi connectivity index (χ1) is 10.6. The quantitative estimate of drug-likeness (QED) is 0.636. The molecular formula is C15H13ClN2O3S. The topological polar surface area (TPSA) is 72.2 Å². The van der Waals surface area contributed by atoms with Crippen molar-refractivity contribution in [3.05, 3.63) is 69.2 Å². The van der Waals surface area contributed by atoms with E-state index in [-0.39, 0.29) is 17.3 Å². The van der Waals surface area contributed by atoms with E-state index in [0.29, 0.717) is 16.5 Å². The molecule has 0 aliphatic carbocycles. The number of benzene rings is 2. The van der Waals surface area contributed by atoms with Crippen LogP contribution in [0.5, 0.6) is 0 Å². The molecule has 0 aromatic heterocycles. The number of nitrogens with one attached hydrogen (secondary N) is 1. The number of amides is 1. The minimum atomic E-state index is -0.437. The van der Waals surface area contributed by atoms with Gasteiger partial charge in [-0.1, -0.05) is 35.9 Å². The zero-order valence-electron chi connectivity index (χ0n) is 11.5. The molecule has 0 heterocycles. The molecule has 0 atom stereocenters. The lowest BCUT2D eigenvalue weighted by atomic mass is 10.2. The highest BCUT2D eigenvalue weighted by Gasteiger charge is 2.07. The lowest BCUT2D eigenvalue weighted by molar-refractivity contribution is -0.384. The Morgan fingerprint density at radius 3 is 2.50 bits per heavy atom. The van der Waals surface area contributed by atoms with Crippen LogP contribution in [0.3, 0.4) is 0 Å². The van der Waals surface area contributed by atoms with Gasteiger partial charge in [-0.2, -0.15) is 0 Å². The number of nitro groups is 1. The van der Waals surface area contributed by atoms with E-state index >= 15 is 0 Å². The summed E-state index contributed by atoms with van der Waals surface area (Å²) in [6, 6.07) is 13.3. The van der Waals surface area contributed by atoms with Crippen molar-refractivity contribution >= 4 is 40.6 Å². The molecule has 1 N–H and O–H groups in total. The Morgan fingerprint density at radius 1 is 1.18 bits per heavy atom. The minimum absolute atomic E-state index is 0.0604. The summed E-state index contributed by atoms with van der Waals surface area (Å²) in [6.07, 6.45) is 0. The molecule has 2 aromatic carbocycles. The minimum Gasteiger partial charge on any atom is -0.324 e. The fraction of sp³-hybridized carbons (Fsp3) is 0.133. The standard InChI is InChI=1S/C15H13ClN2O3S/c16-13-3-1-2-4-14(13)17-15(19)10-22-9-11-5-7-12(8-6-11)18(20)21/h1-8H,9-10H2,(H,17,19). The number of para-hydroxylation sites is 1. The average molecular weight is 337 g/mol. The van der Waals surface area contributed by atoms with Crippen LogP contribution in [0.1, 0.15) is 5.56 Å². The highest BCUT2D eigenvalue weighted by Crippen LogP contribution is 2.21. The number of nitrogens with zero attached hydrogens (tertiary/aromatic N) is 1. The second kappa shape index (κ2) is 7.82. The monoisotopic (exact) mass is 336 g/mol. The fourth-order valence-corrected chi connectivity index (χ4v) is 2.70. The molecule has 0 radical (unpaired) electrons. The van der Waals surface area contributed by atoms with Gasteiger partial charge >= 0.3 is 0 Å². The zero-order chi connectivity index (χ0) is 15.9. The Bertz CT molecular complexity index is 677. The normalized spacial score (nSPS) is 10.2. The predicted molar refractivity (Wildman–Crippen MR) is 89.3 cm³/mol. The maximum atomic E-state index is 11.8. The molecule has 0 unspecified atom stereocenters. The summed E-state index contributed by atoms with van der Waals surface area (Å²) < 4.78 is 0. The number of hydrogen-bond donors (Lipinski definition) is 1. The number of nitro benzene ring substituents is 1. The number of non-ortho nitro benzene ring substituents is 1. The maximum Gasteiger partial charge on any atom is 0.269 e. The van der Waals surface area contributed by atoms with Crippen molar-refractivity contribution in [1.29, 1.82) is 0 Å². The number of hydrogen-bond acceptors (Lipinski definition) is 4. The number of carbonyl (C=O) groups excluding carboxylic acids is 1. The molecule has 22 heavy (non-hydrogen) atoms. The van der Waals surface area contributed by atoms with Gasteiger partial charge in [0.1, 0.15) is 0 Å². The summed E-state index contributed by atoms with van der Waals surface area (Å²) >= 11 is 7.39. The van der Waals surface area contributed by atoms with Crippen molar-refractivity contribution in [2.45, 2.75) is 5.75 Å². The van der Waals surface area contributed by atoms with E-state index in [9.17, 15) is 14.9 Å². The summed E-state index contributed by atoms with van der Waals surface area (Å²) in [4.78, 5) is 21.9. The lowest BCUT2D eigenvalue weighted by Crippen LogP contribution is -2.14. The highest BCUT2D eigenvalue weighted by molar-refractivity contribution is 7.99. The second-order valence-electron chi connectivity index (χ2n) is 4.44. The lowest BCUT2D eigenvalue weighted by Gasteiger charge is -2.06. The zero-order valence-corrected chi connectivity index (χ0v) is 13.1. The molecule has 0 saturated carbocycles. The first-order valence-electron chi connectivity index (χ1n) is 6.42. The molecule has 0 fully saturated rings. The molecule has 5 nitrogen and oxygen atoms in total. The number of halogens is 1. The third kappa shape index (κ3) is 4.75. The number of carbonyl (C=O) groups is 1. The van der Waals surface area contributed by atoms with Gasteiger partial charge in [0.25, 0.3) is 5.69 Å². The Balaban J connectivity index is 1.79. The molecule has 0 saturated heterocycles. The summed E-state index contributed by atoms with van der Waals surface area (Å²) in [5.41, 5.74) is 1.58. The highest BCUT2D eigenvalue weighted by atomic mass is 35.5. The van der Waals surface area contributed by atoms with Crippen molar-refractivity contribution in [2.24, 2.45) is 0 Å². The molecule has 0 aliphatic rings. The predicted octanol–water partition coefficient (Wildman–Crippen LogP) is 4.12. The molecule has 0 aliphatic heterocycles. The summed E-state index contributed by atoms with van der Waals surface area (Å²) in [5.74, 6) is 0.746. The molecular weight excluding hydrogens is 324 g/mol. The van der Waals surface area contributed by atoms with Gasteiger partial charge < -0.3 is 5.32 Å². The average Bonchev–Trinajstić information content (AvgIpc) is 2.50. The maximum absolute atomic E-state index is 11.8. The smallest absolute Gasteiger partial charge is 0.269 e. The third-order valence-corrected chi connectivity index (χ3v) is 4.13. The molecule has 114 valence electrons. The van der Waals surface area contributed by atoms with Crippen LogP contribution in [-0.4, -0.2) is 16.6 Å². The molecule has 2 aromatic rings. The van der Waals surface area contributed by atoms with Crippen molar-refractivity contribution in [3.63, 3.8) is 0 Å². The van der Waals surface area contributed by atoms with Crippen molar-refractivity contribution in [1.82, 2.24) is 0 Å². The van der Waals surface area contributed by atoms with Gasteiger partial charge in [0.05, 0.1) is 21.4 Å². The van der Waals surface area contributed by atoms with Crippen molar-refractivity contribution in [3.8, 4) is 0 Å².